The lowest BCUT2D eigenvalue weighted by Crippen LogP contribution is -2.48. The fourth-order valence-corrected chi connectivity index (χ4v) is 3.54. The number of hydrogen-bond donors (Lipinski definition) is 1. The van der Waals surface area contributed by atoms with Crippen LogP contribution in [0, 0.1) is 0 Å². The summed E-state index contributed by atoms with van der Waals surface area (Å²) in [6, 6.07) is 16.6. The standard InChI is InChI=1S/C20H23ClN2O2S/c1-3-18(20(25)22-2)23(13-15-7-5-4-6-8-15)19(24)14-26-17-11-9-16(21)10-12-17/h4-12,18H,3,13-14H2,1-2H3,(H,22,25)/t18-/m0/s1. The van der Waals surface area contributed by atoms with Crippen LogP contribution in [0.2, 0.25) is 5.02 Å². The predicted octanol–water partition coefficient (Wildman–Crippen LogP) is 3.99. The van der Waals surface area contributed by atoms with Gasteiger partial charge in [0.1, 0.15) is 6.04 Å². The normalized spacial score (nSPS) is 11.7. The van der Waals surface area contributed by atoms with Crippen molar-refractivity contribution >= 4 is 35.2 Å². The SMILES string of the molecule is CC[C@@H](C(=O)NC)N(Cc1ccccc1)C(=O)CSc1ccc(Cl)cc1. The van der Waals surface area contributed by atoms with Crippen molar-refractivity contribution in [2.45, 2.75) is 30.8 Å². The number of halogens is 1. The molecule has 0 heterocycles. The molecule has 2 rings (SSSR count). The quantitative estimate of drug-likeness (QED) is 0.693. The van der Waals surface area contributed by atoms with Crippen molar-refractivity contribution in [2.24, 2.45) is 0 Å². The van der Waals surface area contributed by atoms with E-state index in [1.165, 1.54) is 11.8 Å². The van der Waals surface area contributed by atoms with Crippen LogP contribution in [0.4, 0.5) is 0 Å². The highest BCUT2D eigenvalue weighted by atomic mass is 35.5. The van der Waals surface area contributed by atoms with Crippen LogP contribution in [-0.2, 0) is 16.1 Å². The maximum atomic E-state index is 12.9. The summed E-state index contributed by atoms with van der Waals surface area (Å²) in [4.78, 5) is 27.8. The van der Waals surface area contributed by atoms with E-state index in [4.69, 9.17) is 11.6 Å². The molecule has 0 saturated carbocycles. The molecule has 0 saturated heterocycles. The first-order chi connectivity index (χ1) is 12.5. The number of carbonyl (C=O) groups excluding carboxylic acids is 2. The number of hydrogen-bond acceptors (Lipinski definition) is 3. The molecule has 1 atom stereocenters. The highest BCUT2D eigenvalue weighted by molar-refractivity contribution is 8.00. The van der Waals surface area contributed by atoms with E-state index in [1.807, 2.05) is 49.4 Å². The molecule has 0 fully saturated rings. The van der Waals surface area contributed by atoms with Gasteiger partial charge in [-0.2, -0.15) is 0 Å². The summed E-state index contributed by atoms with van der Waals surface area (Å²) in [5.41, 5.74) is 1.000. The minimum Gasteiger partial charge on any atom is -0.357 e. The van der Waals surface area contributed by atoms with Gasteiger partial charge in [-0.15, -0.1) is 11.8 Å². The van der Waals surface area contributed by atoms with Crippen molar-refractivity contribution in [1.29, 1.82) is 0 Å². The van der Waals surface area contributed by atoms with Gasteiger partial charge < -0.3 is 10.2 Å². The van der Waals surface area contributed by atoms with Gasteiger partial charge in [-0.25, -0.2) is 0 Å². The largest absolute Gasteiger partial charge is 0.357 e. The zero-order valence-electron chi connectivity index (χ0n) is 14.9. The Bertz CT molecular complexity index is 722. The van der Waals surface area contributed by atoms with Crippen molar-refractivity contribution in [3.63, 3.8) is 0 Å². The number of likely N-dealkylation sites (N-methyl/N-ethyl adjacent to an activating group) is 1. The smallest absolute Gasteiger partial charge is 0.242 e. The van der Waals surface area contributed by atoms with E-state index < -0.39 is 6.04 Å². The molecule has 138 valence electrons. The summed E-state index contributed by atoms with van der Waals surface area (Å²) in [5, 5.41) is 3.33. The lowest BCUT2D eigenvalue weighted by molar-refractivity contribution is -0.139. The first-order valence-electron chi connectivity index (χ1n) is 8.48. The molecule has 2 aromatic rings. The van der Waals surface area contributed by atoms with E-state index >= 15 is 0 Å². The summed E-state index contributed by atoms with van der Waals surface area (Å²) < 4.78 is 0. The average molecular weight is 391 g/mol. The van der Waals surface area contributed by atoms with Crippen LogP contribution < -0.4 is 5.32 Å². The maximum absolute atomic E-state index is 12.9. The van der Waals surface area contributed by atoms with Gasteiger partial charge >= 0.3 is 0 Å². The summed E-state index contributed by atoms with van der Waals surface area (Å²) in [5.74, 6) is 0.0552. The second-order valence-electron chi connectivity index (χ2n) is 5.79. The Kier molecular flexibility index (Phi) is 8.01. The molecule has 1 N–H and O–H groups in total. The molecule has 0 aromatic heterocycles. The highest BCUT2D eigenvalue weighted by Gasteiger charge is 2.27. The van der Waals surface area contributed by atoms with Gasteiger partial charge in [0, 0.05) is 23.5 Å². The second-order valence-corrected chi connectivity index (χ2v) is 7.27. The van der Waals surface area contributed by atoms with Crippen LogP contribution in [0.15, 0.2) is 59.5 Å². The van der Waals surface area contributed by atoms with Crippen LogP contribution >= 0.6 is 23.4 Å². The van der Waals surface area contributed by atoms with Gasteiger partial charge in [0.15, 0.2) is 0 Å². The Labute approximate surface area is 163 Å². The Morgan fingerprint density at radius 3 is 2.35 bits per heavy atom. The van der Waals surface area contributed by atoms with Crippen LogP contribution in [0.5, 0.6) is 0 Å². The first kappa shape index (κ1) is 20.3. The van der Waals surface area contributed by atoms with Gasteiger partial charge in [-0.3, -0.25) is 9.59 Å². The monoisotopic (exact) mass is 390 g/mol. The average Bonchev–Trinajstić information content (AvgIpc) is 2.67. The second kappa shape index (κ2) is 10.2. The Hall–Kier alpha value is -1.98. The number of benzene rings is 2. The Morgan fingerprint density at radius 2 is 1.77 bits per heavy atom. The topological polar surface area (TPSA) is 49.4 Å². The van der Waals surface area contributed by atoms with Gasteiger partial charge in [0.05, 0.1) is 5.75 Å². The molecule has 0 radical (unpaired) electrons. The van der Waals surface area contributed by atoms with Crippen LogP contribution in [-0.4, -0.2) is 35.6 Å². The van der Waals surface area contributed by atoms with Crippen molar-refractivity contribution < 1.29 is 9.59 Å². The lowest BCUT2D eigenvalue weighted by Gasteiger charge is -2.30. The van der Waals surface area contributed by atoms with E-state index in [-0.39, 0.29) is 17.6 Å². The number of nitrogens with one attached hydrogen (secondary N) is 1. The van der Waals surface area contributed by atoms with Crippen molar-refractivity contribution in [2.75, 3.05) is 12.8 Å². The molecular formula is C20H23ClN2O2S. The summed E-state index contributed by atoms with van der Waals surface area (Å²) in [7, 11) is 1.60. The number of thioether (sulfide) groups is 1. The molecule has 0 aliphatic heterocycles. The van der Waals surface area contributed by atoms with Crippen LogP contribution in [0.1, 0.15) is 18.9 Å². The highest BCUT2D eigenvalue weighted by Crippen LogP contribution is 2.22. The van der Waals surface area contributed by atoms with Crippen molar-refractivity contribution in [1.82, 2.24) is 10.2 Å². The molecule has 26 heavy (non-hydrogen) atoms. The van der Waals surface area contributed by atoms with Crippen LogP contribution in [0.25, 0.3) is 0 Å². The summed E-state index contributed by atoms with van der Waals surface area (Å²) in [6.45, 7) is 2.32. The fraction of sp³-hybridized carbons (Fsp3) is 0.300. The van der Waals surface area contributed by atoms with Crippen molar-refractivity contribution in [3.8, 4) is 0 Å². The molecule has 4 nitrogen and oxygen atoms in total. The van der Waals surface area contributed by atoms with E-state index in [0.717, 1.165) is 10.5 Å². The number of nitrogens with zero attached hydrogens (tertiary/aromatic N) is 1. The van der Waals surface area contributed by atoms with Gasteiger partial charge in [0.25, 0.3) is 0 Å². The van der Waals surface area contributed by atoms with Gasteiger partial charge in [-0.05, 0) is 36.2 Å². The molecule has 0 unspecified atom stereocenters. The number of rotatable bonds is 8. The zero-order valence-corrected chi connectivity index (χ0v) is 16.5. The molecule has 2 aromatic carbocycles. The summed E-state index contributed by atoms with van der Waals surface area (Å²) >= 11 is 7.34. The van der Waals surface area contributed by atoms with E-state index in [0.29, 0.717) is 18.0 Å². The molecule has 0 bridgehead atoms. The Balaban J connectivity index is 2.13. The predicted molar refractivity (Wildman–Crippen MR) is 107 cm³/mol. The number of amides is 2. The maximum Gasteiger partial charge on any atom is 0.242 e. The van der Waals surface area contributed by atoms with Crippen LogP contribution in [0.3, 0.4) is 0 Å². The molecule has 2 amide bonds. The molecular weight excluding hydrogens is 368 g/mol. The molecule has 0 spiro atoms. The molecule has 0 aliphatic carbocycles. The van der Waals surface area contributed by atoms with Crippen molar-refractivity contribution in [3.05, 3.63) is 65.2 Å². The minimum absolute atomic E-state index is 0.0655. The first-order valence-corrected chi connectivity index (χ1v) is 9.84. The minimum atomic E-state index is -0.487. The third-order valence-corrected chi connectivity index (χ3v) is 5.25. The van der Waals surface area contributed by atoms with Gasteiger partial charge in [0.2, 0.25) is 11.8 Å². The van der Waals surface area contributed by atoms with E-state index in [1.54, 1.807) is 24.1 Å². The fourth-order valence-electron chi connectivity index (χ4n) is 2.63. The zero-order chi connectivity index (χ0) is 18.9. The lowest BCUT2D eigenvalue weighted by atomic mass is 10.1. The van der Waals surface area contributed by atoms with Gasteiger partial charge in [-0.1, -0.05) is 48.9 Å². The third kappa shape index (κ3) is 5.78. The van der Waals surface area contributed by atoms with E-state index in [2.05, 4.69) is 5.32 Å². The third-order valence-electron chi connectivity index (χ3n) is 4.00. The number of carbonyl (C=O) groups is 2. The summed E-state index contributed by atoms with van der Waals surface area (Å²) in [6.07, 6.45) is 0.559. The Morgan fingerprint density at radius 1 is 1.12 bits per heavy atom. The molecule has 0 aliphatic rings. The molecule has 6 heteroatoms. The van der Waals surface area contributed by atoms with E-state index in [9.17, 15) is 9.59 Å².